The van der Waals surface area contributed by atoms with Crippen molar-refractivity contribution in [3.05, 3.63) is 46.6 Å². The molecule has 0 aliphatic heterocycles. The van der Waals surface area contributed by atoms with E-state index in [1.807, 2.05) is 6.07 Å². The van der Waals surface area contributed by atoms with Gasteiger partial charge in [-0.25, -0.2) is 0 Å². The molecule has 0 radical (unpaired) electrons. The zero-order valence-electron chi connectivity index (χ0n) is 8.29. The van der Waals surface area contributed by atoms with Crippen LogP contribution in [0.5, 0.6) is 0 Å². The van der Waals surface area contributed by atoms with Crippen LogP contribution in [-0.2, 0) is 7.05 Å². The van der Waals surface area contributed by atoms with Crippen LogP contribution in [0.1, 0.15) is 5.69 Å². The molecule has 0 fully saturated rings. The number of hydrogen-bond acceptors (Lipinski definition) is 0. The van der Waals surface area contributed by atoms with E-state index in [0.717, 1.165) is 4.47 Å². The summed E-state index contributed by atoms with van der Waals surface area (Å²) in [5, 5.41) is 0. The zero-order chi connectivity index (χ0) is 10.1. The fourth-order valence-corrected chi connectivity index (χ4v) is 2.44. The third-order valence-corrected chi connectivity index (χ3v) is 3.08. The quantitative estimate of drug-likeness (QED) is 0.726. The van der Waals surface area contributed by atoms with E-state index in [2.05, 4.69) is 64.8 Å². The van der Waals surface area contributed by atoms with Gasteiger partial charge in [0.05, 0.1) is 5.69 Å². The van der Waals surface area contributed by atoms with Crippen LogP contribution in [0.15, 0.2) is 40.9 Å². The van der Waals surface area contributed by atoms with Crippen LogP contribution in [0.3, 0.4) is 0 Å². The molecule has 1 aromatic heterocycles. The molecule has 0 aliphatic carbocycles. The molecule has 0 unspecified atom stereocenters. The highest BCUT2D eigenvalue weighted by Gasteiger charge is 2.08. The summed E-state index contributed by atoms with van der Waals surface area (Å²) in [4.78, 5) is 0. The molecule has 0 aliphatic rings. The Labute approximate surface area is 92.5 Å². The summed E-state index contributed by atoms with van der Waals surface area (Å²) >= 11 is 3.58. The number of benzene rings is 1. The molecule has 2 rings (SSSR count). The van der Waals surface area contributed by atoms with E-state index < -0.39 is 0 Å². The lowest BCUT2D eigenvalue weighted by Gasteiger charge is -2.05. The topological polar surface area (TPSA) is 4.93 Å². The first-order chi connectivity index (χ1) is 6.70. The van der Waals surface area contributed by atoms with Crippen LogP contribution < -0.4 is 0 Å². The van der Waals surface area contributed by atoms with E-state index in [4.69, 9.17) is 0 Å². The summed E-state index contributed by atoms with van der Waals surface area (Å²) in [7, 11) is 2.09. The largest absolute Gasteiger partial charge is 0.347 e. The molecule has 72 valence electrons. The lowest BCUT2D eigenvalue weighted by Crippen LogP contribution is -1.93. The SMILES string of the molecule is Cc1cc(Br)c(-c2ccccc2)n1C. The van der Waals surface area contributed by atoms with Crippen molar-refractivity contribution in [1.29, 1.82) is 0 Å². The second-order valence-corrected chi connectivity index (χ2v) is 4.26. The van der Waals surface area contributed by atoms with Crippen LogP contribution in [-0.4, -0.2) is 4.57 Å². The lowest BCUT2D eigenvalue weighted by atomic mass is 10.1. The van der Waals surface area contributed by atoms with Crippen molar-refractivity contribution in [1.82, 2.24) is 4.57 Å². The third-order valence-electron chi connectivity index (χ3n) is 2.47. The Morgan fingerprint density at radius 1 is 1.14 bits per heavy atom. The highest BCUT2D eigenvalue weighted by molar-refractivity contribution is 9.10. The molecule has 0 saturated carbocycles. The number of nitrogens with zero attached hydrogens (tertiary/aromatic N) is 1. The summed E-state index contributed by atoms with van der Waals surface area (Å²) in [6, 6.07) is 12.5. The standard InChI is InChI=1S/C12H12BrN/c1-9-8-11(13)12(14(9)2)10-6-4-3-5-7-10/h3-8H,1-2H3. The Kier molecular flexibility index (Phi) is 2.46. The maximum atomic E-state index is 3.58. The van der Waals surface area contributed by atoms with Crippen LogP contribution in [0.4, 0.5) is 0 Å². The molecule has 1 aromatic carbocycles. The average Bonchev–Trinajstić information content (AvgIpc) is 2.43. The minimum absolute atomic E-state index is 1.16. The van der Waals surface area contributed by atoms with E-state index in [1.54, 1.807) is 0 Å². The molecule has 2 heteroatoms. The van der Waals surface area contributed by atoms with Crippen LogP contribution in [0.25, 0.3) is 11.3 Å². The fraction of sp³-hybridized carbons (Fsp3) is 0.167. The van der Waals surface area contributed by atoms with Gasteiger partial charge in [-0.2, -0.15) is 0 Å². The van der Waals surface area contributed by atoms with E-state index in [0.29, 0.717) is 0 Å². The van der Waals surface area contributed by atoms with Crippen molar-refractivity contribution in [2.75, 3.05) is 0 Å². The third kappa shape index (κ3) is 1.50. The molecular formula is C12H12BrN. The Hall–Kier alpha value is -1.02. The van der Waals surface area contributed by atoms with Crippen LogP contribution in [0, 0.1) is 6.92 Å². The van der Waals surface area contributed by atoms with Crippen molar-refractivity contribution in [2.45, 2.75) is 6.92 Å². The summed E-state index contributed by atoms with van der Waals surface area (Å²) in [6.45, 7) is 2.11. The first kappa shape index (κ1) is 9.53. The Morgan fingerprint density at radius 3 is 2.29 bits per heavy atom. The molecule has 0 spiro atoms. The van der Waals surface area contributed by atoms with E-state index in [9.17, 15) is 0 Å². The van der Waals surface area contributed by atoms with Gasteiger partial charge in [0.25, 0.3) is 0 Å². The van der Waals surface area contributed by atoms with Gasteiger partial charge in [-0.3, -0.25) is 0 Å². The highest BCUT2D eigenvalue weighted by Crippen LogP contribution is 2.30. The number of hydrogen-bond donors (Lipinski definition) is 0. The predicted octanol–water partition coefficient (Wildman–Crippen LogP) is 3.76. The second kappa shape index (κ2) is 3.62. The summed E-state index contributed by atoms with van der Waals surface area (Å²) in [5.74, 6) is 0. The van der Waals surface area contributed by atoms with E-state index in [1.165, 1.54) is 17.0 Å². The number of halogens is 1. The van der Waals surface area contributed by atoms with E-state index >= 15 is 0 Å². The number of aromatic nitrogens is 1. The molecule has 1 heterocycles. The minimum Gasteiger partial charge on any atom is -0.347 e. The molecule has 0 amide bonds. The minimum atomic E-state index is 1.16. The molecule has 2 aromatic rings. The lowest BCUT2D eigenvalue weighted by molar-refractivity contribution is 0.890. The summed E-state index contributed by atoms with van der Waals surface area (Å²) in [5.41, 5.74) is 3.74. The normalized spacial score (nSPS) is 10.5. The van der Waals surface area contributed by atoms with E-state index in [-0.39, 0.29) is 0 Å². The van der Waals surface area contributed by atoms with Gasteiger partial charge in [0.15, 0.2) is 0 Å². The molecule has 0 atom stereocenters. The Bertz CT molecular complexity index is 443. The summed E-state index contributed by atoms with van der Waals surface area (Å²) in [6.07, 6.45) is 0. The van der Waals surface area contributed by atoms with Gasteiger partial charge in [0.1, 0.15) is 0 Å². The van der Waals surface area contributed by atoms with Gasteiger partial charge >= 0.3 is 0 Å². The first-order valence-electron chi connectivity index (χ1n) is 4.57. The Morgan fingerprint density at radius 2 is 1.79 bits per heavy atom. The molecule has 1 nitrogen and oxygen atoms in total. The van der Waals surface area contributed by atoms with Crippen molar-refractivity contribution >= 4 is 15.9 Å². The fourth-order valence-electron chi connectivity index (χ4n) is 1.61. The van der Waals surface area contributed by atoms with Crippen LogP contribution in [0.2, 0.25) is 0 Å². The van der Waals surface area contributed by atoms with Crippen molar-refractivity contribution < 1.29 is 0 Å². The van der Waals surface area contributed by atoms with Gasteiger partial charge in [0, 0.05) is 17.2 Å². The number of rotatable bonds is 1. The highest BCUT2D eigenvalue weighted by atomic mass is 79.9. The van der Waals surface area contributed by atoms with Gasteiger partial charge in [-0.1, -0.05) is 30.3 Å². The molecule has 0 saturated heterocycles. The molecule has 0 bridgehead atoms. The van der Waals surface area contributed by atoms with Gasteiger partial charge in [-0.15, -0.1) is 0 Å². The van der Waals surface area contributed by atoms with Gasteiger partial charge in [-0.05, 0) is 34.5 Å². The number of aryl methyl sites for hydroxylation is 1. The summed E-state index contributed by atoms with van der Waals surface area (Å²) < 4.78 is 3.35. The molecule has 14 heavy (non-hydrogen) atoms. The average molecular weight is 250 g/mol. The van der Waals surface area contributed by atoms with Gasteiger partial charge in [0.2, 0.25) is 0 Å². The molecule has 0 N–H and O–H groups in total. The van der Waals surface area contributed by atoms with Crippen LogP contribution >= 0.6 is 15.9 Å². The smallest absolute Gasteiger partial charge is 0.0624 e. The molecular weight excluding hydrogens is 238 g/mol. The predicted molar refractivity (Wildman–Crippen MR) is 63.3 cm³/mol. The van der Waals surface area contributed by atoms with Crippen molar-refractivity contribution in [2.24, 2.45) is 7.05 Å². The van der Waals surface area contributed by atoms with Crippen molar-refractivity contribution in [3.8, 4) is 11.3 Å². The second-order valence-electron chi connectivity index (χ2n) is 3.41. The Balaban J connectivity index is 2.62. The maximum Gasteiger partial charge on any atom is 0.0624 e. The maximum absolute atomic E-state index is 3.58. The first-order valence-corrected chi connectivity index (χ1v) is 5.36. The monoisotopic (exact) mass is 249 g/mol. The van der Waals surface area contributed by atoms with Gasteiger partial charge < -0.3 is 4.57 Å². The zero-order valence-corrected chi connectivity index (χ0v) is 9.88. The van der Waals surface area contributed by atoms with Crippen molar-refractivity contribution in [3.63, 3.8) is 0 Å².